The Kier molecular flexibility index (Phi) is 6.33. The standard InChI is InChI=1S/C27H27N5O2/c33-26(29-17-21-10-6-14-28-16-21)22-11-7-15-31(19-22)25-27(34)32(18-20-8-2-1-3-9-20)24-13-5-4-12-23(24)30-25/h1-6,8-10,12-14,16,22H,7,11,15,17-19H2,(H,29,33). The van der Waals surface area contributed by atoms with Crippen LogP contribution in [0.4, 0.5) is 5.82 Å². The van der Waals surface area contributed by atoms with Crippen molar-refractivity contribution in [2.75, 3.05) is 18.0 Å². The summed E-state index contributed by atoms with van der Waals surface area (Å²) in [5.41, 5.74) is 3.47. The lowest BCUT2D eigenvalue weighted by Gasteiger charge is -2.32. The Bertz CT molecular complexity index is 1340. The highest BCUT2D eigenvalue weighted by Gasteiger charge is 2.28. The van der Waals surface area contributed by atoms with E-state index in [2.05, 4.69) is 10.3 Å². The van der Waals surface area contributed by atoms with Gasteiger partial charge in [0.05, 0.1) is 23.5 Å². The molecule has 34 heavy (non-hydrogen) atoms. The molecule has 1 fully saturated rings. The quantitative estimate of drug-likeness (QED) is 0.484. The number of hydrogen-bond acceptors (Lipinski definition) is 5. The molecular formula is C27H27N5O2. The lowest BCUT2D eigenvalue weighted by molar-refractivity contribution is -0.125. The molecule has 1 aliphatic rings. The average Bonchev–Trinajstić information content (AvgIpc) is 2.90. The van der Waals surface area contributed by atoms with Gasteiger partial charge in [-0.2, -0.15) is 0 Å². The molecule has 3 heterocycles. The monoisotopic (exact) mass is 453 g/mol. The molecule has 0 aliphatic carbocycles. The molecule has 1 N–H and O–H groups in total. The maximum absolute atomic E-state index is 13.6. The minimum atomic E-state index is -0.194. The van der Waals surface area contributed by atoms with Crippen molar-refractivity contribution in [3.05, 3.63) is 101 Å². The first-order chi connectivity index (χ1) is 16.7. The van der Waals surface area contributed by atoms with Crippen LogP contribution < -0.4 is 15.8 Å². The zero-order valence-corrected chi connectivity index (χ0v) is 18.9. The van der Waals surface area contributed by atoms with Gasteiger partial charge in [0, 0.05) is 32.0 Å². The number of nitrogens with one attached hydrogen (secondary N) is 1. The van der Waals surface area contributed by atoms with Crippen LogP contribution in [0.5, 0.6) is 0 Å². The molecule has 4 aromatic rings. The summed E-state index contributed by atoms with van der Waals surface area (Å²) in [5.74, 6) is 0.221. The van der Waals surface area contributed by atoms with Gasteiger partial charge in [0.15, 0.2) is 5.82 Å². The summed E-state index contributed by atoms with van der Waals surface area (Å²) < 4.78 is 1.79. The lowest BCUT2D eigenvalue weighted by atomic mass is 9.97. The van der Waals surface area contributed by atoms with Crippen molar-refractivity contribution < 1.29 is 4.79 Å². The molecule has 7 nitrogen and oxygen atoms in total. The lowest BCUT2D eigenvalue weighted by Crippen LogP contribution is -2.45. The second-order valence-electron chi connectivity index (χ2n) is 8.67. The van der Waals surface area contributed by atoms with Crippen LogP contribution in [0.3, 0.4) is 0 Å². The Morgan fingerprint density at radius 3 is 2.62 bits per heavy atom. The van der Waals surface area contributed by atoms with E-state index in [4.69, 9.17) is 4.98 Å². The summed E-state index contributed by atoms with van der Waals surface area (Å²) in [4.78, 5) is 37.3. The van der Waals surface area contributed by atoms with E-state index in [1.54, 1.807) is 17.0 Å². The zero-order chi connectivity index (χ0) is 23.3. The number of hydrogen-bond donors (Lipinski definition) is 1. The van der Waals surface area contributed by atoms with Gasteiger partial charge >= 0.3 is 0 Å². The van der Waals surface area contributed by atoms with E-state index in [9.17, 15) is 9.59 Å². The van der Waals surface area contributed by atoms with E-state index in [1.165, 1.54) is 0 Å². The van der Waals surface area contributed by atoms with Gasteiger partial charge in [0.25, 0.3) is 5.56 Å². The number of carbonyl (C=O) groups is 1. The number of piperidine rings is 1. The van der Waals surface area contributed by atoms with E-state index < -0.39 is 0 Å². The number of amides is 1. The topological polar surface area (TPSA) is 80.1 Å². The Labute approximate surface area is 198 Å². The van der Waals surface area contributed by atoms with Crippen LogP contribution in [0.1, 0.15) is 24.0 Å². The molecule has 1 saturated heterocycles. The predicted octanol–water partition coefficient (Wildman–Crippen LogP) is 3.37. The van der Waals surface area contributed by atoms with Crippen molar-refractivity contribution in [1.82, 2.24) is 19.9 Å². The normalized spacial score (nSPS) is 15.9. The largest absolute Gasteiger partial charge is 0.352 e. The van der Waals surface area contributed by atoms with Crippen LogP contribution in [0.25, 0.3) is 11.0 Å². The Hall–Kier alpha value is -4.00. The predicted molar refractivity (Wildman–Crippen MR) is 133 cm³/mol. The molecule has 2 aromatic carbocycles. The average molecular weight is 454 g/mol. The molecule has 1 aliphatic heterocycles. The fourth-order valence-electron chi connectivity index (χ4n) is 4.53. The number of aromatic nitrogens is 3. The van der Waals surface area contributed by atoms with E-state index in [0.717, 1.165) is 35.0 Å². The number of fused-ring (bicyclic) bond motifs is 1. The van der Waals surface area contributed by atoms with E-state index in [1.807, 2.05) is 71.6 Å². The highest BCUT2D eigenvalue weighted by Crippen LogP contribution is 2.22. The summed E-state index contributed by atoms with van der Waals surface area (Å²) in [6.07, 6.45) is 5.09. The van der Waals surface area contributed by atoms with Crippen LogP contribution in [-0.4, -0.2) is 33.5 Å². The maximum Gasteiger partial charge on any atom is 0.294 e. The second kappa shape index (κ2) is 9.87. The summed E-state index contributed by atoms with van der Waals surface area (Å²) in [6, 6.07) is 21.5. The van der Waals surface area contributed by atoms with Crippen molar-refractivity contribution in [3.63, 3.8) is 0 Å². The third-order valence-electron chi connectivity index (χ3n) is 6.30. The van der Waals surface area contributed by atoms with Gasteiger partial charge < -0.3 is 10.2 Å². The van der Waals surface area contributed by atoms with Crippen LogP contribution in [0.2, 0.25) is 0 Å². The fourth-order valence-corrected chi connectivity index (χ4v) is 4.53. The fraction of sp³-hybridized carbons (Fsp3) is 0.259. The molecule has 0 saturated carbocycles. The Morgan fingerprint density at radius 2 is 1.79 bits per heavy atom. The number of benzene rings is 2. The maximum atomic E-state index is 13.6. The minimum absolute atomic E-state index is 0.000969. The Balaban J connectivity index is 1.40. The molecule has 1 amide bonds. The van der Waals surface area contributed by atoms with Crippen molar-refractivity contribution in [1.29, 1.82) is 0 Å². The van der Waals surface area contributed by atoms with Crippen LogP contribution in [-0.2, 0) is 17.9 Å². The van der Waals surface area contributed by atoms with Crippen LogP contribution in [0, 0.1) is 5.92 Å². The molecule has 0 bridgehead atoms. The number of pyridine rings is 1. The van der Waals surface area contributed by atoms with Gasteiger partial charge in [-0.05, 0) is 42.2 Å². The number of anilines is 1. The van der Waals surface area contributed by atoms with Gasteiger partial charge in [0.2, 0.25) is 5.91 Å². The molecule has 1 atom stereocenters. The highest BCUT2D eigenvalue weighted by atomic mass is 16.2. The van der Waals surface area contributed by atoms with E-state index in [-0.39, 0.29) is 17.4 Å². The van der Waals surface area contributed by atoms with Crippen molar-refractivity contribution in [2.45, 2.75) is 25.9 Å². The van der Waals surface area contributed by atoms with Crippen molar-refractivity contribution in [3.8, 4) is 0 Å². The van der Waals surface area contributed by atoms with Gasteiger partial charge in [-0.15, -0.1) is 0 Å². The molecular weight excluding hydrogens is 426 g/mol. The molecule has 1 unspecified atom stereocenters. The van der Waals surface area contributed by atoms with E-state index in [0.29, 0.717) is 32.0 Å². The van der Waals surface area contributed by atoms with Gasteiger partial charge in [-0.3, -0.25) is 19.1 Å². The third kappa shape index (κ3) is 4.69. The number of nitrogens with zero attached hydrogens (tertiary/aromatic N) is 4. The zero-order valence-electron chi connectivity index (χ0n) is 18.9. The molecule has 0 radical (unpaired) electrons. The summed E-state index contributed by atoms with van der Waals surface area (Å²) in [5, 5.41) is 3.02. The highest BCUT2D eigenvalue weighted by molar-refractivity contribution is 5.80. The number of para-hydroxylation sites is 2. The first-order valence-electron chi connectivity index (χ1n) is 11.6. The molecule has 0 spiro atoms. The molecule has 2 aromatic heterocycles. The van der Waals surface area contributed by atoms with Crippen molar-refractivity contribution in [2.24, 2.45) is 5.92 Å². The van der Waals surface area contributed by atoms with Gasteiger partial charge in [-0.1, -0.05) is 48.5 Å². The summed E-state index contributed by atoms with van der Waals surface area (Å²) >= 11 is 0. The molecule has 172 valence electrons. The second-order valence-corrected chi connectivity index (χ2v) is 8.67. The first-order valence-corrected chi connectivity index (χ1v) is 11.6. The summed E-state index contributed by atoms with van der Waals surface area (Å²) in [7, 11) is 0. The molecule has 7 heteroatoms. The number of carbonyl (C=O) groups excluding carboxylic acids is 1. The summed E-state index contributed by atoms with van der Waals surface area (Å²) in [6.45, 7) is 2.10. The van der Waals surface area contributed by atoms with E-state index >= 15 is 0 Å². The first kappa shape index (κ1) is 21.8. The van der Waals surface area contributed by atoms with Gasteiger partial charge in [-0.25, -0.2) is 4.98 Å². The smallest absolute Gasteiger partial charge is 0.294 e. The van der Waals surface area contributed by atoms with Gasteiger partial charge in [0.1, 0.15) is 0 Å². The Morgan fingerprint density at radius 1 is 1.00 bits per heavy atom. The third-order valence-corrected chi connectivity index (χ3v) is 6.30. The van der Waals surface area contributed by atoms with Crippen LogP contribution in [0.15, 0.2) is 83.9 Å². The van der Waals surface area contributed by atoms with Crippen molar-refractivity contribution >= 4 is 22.8 Å². The molecule has 5 rings (SSSR count). The van der Waals surface area contributed by atoms with Crippen LogP contribution >= 0.6 is 0 Å². The minimum Gasteiger partial charge on any atom is -0.352 e. The SMILES string of the molecule is O=C(NCc1cccnc1)C1CCCN(c2nc3ccccc3n(Cc3ccccc3)c2=O)C1. The number of rotatable bonds is 6.